The predicted molar refractivity (Wildman–Crippen MR) is 68.0 cm³/mol. The zero-order valence-electron chi connectivity index (χ0n) is 9.90. The Labute approximate surface area is 109 Å². The van der Waals surface area contributed by atoms with Crippen molar-refractivity contribution in [1.82, 2.24) is 0 Å². The van der Waals surface area contributed by atoms with Crippen molar-refractivity contribution in [3.63, 3.8) is 0 Å². The van der Waals surface area contributed by atoms with Gasteiger partial charge in [-0.05, 0) is 43.5 Å². The Morgan fingerprint density at radius 3 is 2.71 bits per heavy atom. The van der Waals surface area contributed by atoms with Gasteiger partial charge in [0.1, 0.15) is 5.75 Å². The zero-order chi connectivity index (χ0) is 12.4. The zero-order valence-corrected chi connectivity index (χ0v) is 11.5. The van der Waals surface area contributed by atoms with Gasteiger partial charge >= 0.3 is 5.97 Å². The third-order valence-corrected chi connectivity index (χ3v) is 3.77. The summed E-state index contributed by atoms with van der Waals surface area (Å²) in [4.78, 5) is 11.6. The Morgan fingerprint density at radius 1 is 1.47 bits per heavy atom. The molecule has 0 aromatic heterocycles. The summed E-state index contributed by atoms with van der Waals surface area (Å²) >= 11 is 3.43. The molecule has 17 heavy (non-hydrogen) atoms. The van der Waals surface area contributed by atoms with Gasteiger partial charge in [0.05, 0.1) is 7.11 Å². The van der Waals surface area contributed by atoms with E-state index in [1.807, 2.05) is 25.1 Å². The van der Waals surface area contributed by atoms with E-state index in [0.29, 0.717) is 11.7 Å². The first-order valence-corrected chi connectivity index (χ1v) is 6.41. The Bertz CT molecular complexity index is 427. The number of hydrogen-bond acceptors (Lipinski definition) is 3. The van der Waals surface area contributed by atoms with Crippen LogP contribution in [0.1, 0.15) is 18.4 Å². The van der Waals surface area contributed by atoms with E-state index in [1.165, 1.54) is 7.11 Å². The number of hydrogen-bond donors (Lipinski definition) is 0. The maximum Gasteiger partial charge on any atom is 0.347 e. The number of methoxy groups -OCH3 is 1. The molecule has 2 rings (SSSR count). The average Bonchev–Trinajstić information content (AvgIpc) is 3.13. The van der Waals surface area contributed by atoms with Crippen LogP contribution in [0.15, 0.2) is 22.7 Å². The molecule has 3 nitrogen and oxygen atoms in total. The molecular formula is C13H15BrO3. The van der Waals surface area contributed by atoms with Crippen LogP contribution >= 0.6 is 15.9 Å². The number of halogens is 1. The number of ether oxygens (including phenoxy) is 2. The van der Waals surface area contributed by atoms with Crippen LogP contribution in [0.4, 0.5) is 0 Å². The van der Waals surface area contributed by atoms with Gasteiger partial charge in [0.25, 0.3) is 0 Å². The maximum atomic E-state index is 11.6. The van der Waals surface area contributed by atoms with Crippen LogP contribution in [0.3, 0.4) is 0 Å². The van der Waals surface area contributed by atoms with Crippen LogP contribution in [0.2, 0.25) is 0 Å². The summed E-state index contributed by atoms with van der Waals surface area (Å²) in [6.45, 7) is 1.99. The first-order valence-electron chi connectivity index (χ1n) is 5.62. The maximum absolute atomic E-state index is 11.6. The molecule has 1 aliphatic rings. The van der Waals surface area contributed by atoms with Crippen molar-refractivity contribution < 1.29 is 14.3 Å². The van der Waals surface area contributed by atoms with Crippen molar-refractivity contribution >= 4 is 21.9 Å². The van der Waals surface area contributed by atoms with Gasteiger partial charge in [0.15, 0.2) is 6.10 Å². The molecule has 0 bridgehead atoms. The summed E-state index contributed by atoms with van der Waals surface area (Å²) in [5, 5.41) is 0. The quantitative estimate of drug-likeness (QED) is 0.801. The van der Waals surface area contributed by atoms with E-state index in [2.05, 4.69) is 15.9 Å². The molecule has 0 saturated heterocycles. The number of rotatable bonds is 4. The minimum atomic E-state index is -0.458. The molecule has 1 unspecified atom stereocenters. The fourth-order valence-corrected chi connectivity index (χ4v) is 1.94. The smallest absolute Gasteiger partial charge is 0.347 e. The highest BCUT2D eigenvalue weighted by molar-refractivity contribution is 9.10. The van der Waals surface area contributed by atoms with Crippen LogP contribution in [-0.2, 0) is 9.53 Å². The molecule has 1 atom stereocenters. The summed E-state index contributed by atoms with van der Waals surface area (Å²) in [7, 11) is 1.40. The minimum absolute atomic E-state index is 0.284. The van der Waals surface area contributed by atoms with Crippen molar-refractivity contribution in [1.29, 1.82) is 0 Å². The third-order valence-electron chi connectivity index (χ3n) is 2.88. The lowest BCUT2D eigenvalue weighted by Gasteiger charge is -2.16. The van der Waals surface area contributed by atoms with Gasteiger partial charge in [0, 0.05) is 10.4 Å². The van der Waals surface area contributed by atoms with Crippen LogP contribution in [-0.4, -0.2) is 19.2 Å². The second-order valence-electron chi connectivity index (χ2n) is 4.31. The molecule has 0 spiro atoms. The van der Waals surface area contributed by atoms with E-state index in [0.717, 1.165) is 22.9 Å². The van der Waals surface area contributed by atoms with Crippen molar-refractivity contribution in [3.05, 3.63) is 28.2 Å². The molecule has 0 N–H and O–H groups in total. The van der Waals surface area contributed by atoms with E-state index < -0.39 is 6.10 Å². The van der Waals surface area contributed by atoms with E-state index >= 15 is 0 Å². The van der Waals surface area contributed by atoms with Gasteiger partial charge < -0.3 is 9.47 Å². The lowest BCUT2D eigenvalue weighted by molar-refractivity contribution is -0.149. The summed E-state index contributed by atoms with van der Waals surface area (Å²) < 4.78 is 11.5. The molecule has 1 aromatic carbocycles. The highest BCUT2D eigenvalue weighted by Gasteiger charge is 2.39. The summed E-state index contributed by atoms with van der Waals surface area (Å²) in [5.74, 6) is 0.743. The fourth-order valence-electron chi connectivity index (χ4n) is 1.69. The van der Waals surface area contributed by atoms with E-state index in [1.54, 1.807) is 0 Å². The lowest BCUT2D eigenvalue weighted by atomic mass is 10.2. The molecule has 1 aromatic rings. The van der Waals surface area contributed by atoms with Crippen LogP contribution in [0.5, 0.6) is 5.75 Å². The van der Waals surface area contributed by atoms with Gasteiger partial charge in [-0.1, -0.05) is 15.9 Å². The normalized spacial score (nSPS) is 16.4. The van der Waals surface area contributed by atoms with Crippen LogP contribution in [0.25, 0.3) is 0 Å². The number of carbonyl (C=O) groups is 1. The Morgan fingerprint density at radius 2 is 2.18 bits per heavy atom. The lowest BCUT2D eigenvalue weighted by Crippen LogP contribution is -2.30. The van der Waals surface area contributed by atoms with Crippen LogP contribution in [0, 0.1) is 12.8 Å². The van der Waals surface area contributed by atoms with E-state index in [-0.39, 0.29) is 5.97 Å². The number of carbonyl (C=O) groups excluding carboxylic acids is 1. The predicted octanol–water partition coefficient (Wildman–Crippen LogP) is 3.09. The van der Waals surface area contributed by atoms with Gasteiger partial charge in [-0.2, -0.15) is 0 Å². The fraction of sp³-hybridized carbons (Fsp3) is 0.462. The van der Waals surface area contributed by atoms with Crippen molar-refractivity contribution in [2.75, 3.05) is 7.11 Å². The molecule has 92 valence electrons. The van der Waals surface area contributed by atoms with Gasteiger partial charge in [-0.3, -0.25) is 0 Å². The third kappa shape index (κ3) is 3.00. The van der Waals surface area contributed by atoms with Gasteiger partial charge in [-0.15, -0.1) is 0 Å². The molecule has 4 heteroatoms. The highest BCUT2D eigenvalue weighted by Crippen LogP contribution is 2.36. The second kappa shape index (κ2) is 5.08. The topological polar surface area (TPSA) is 35.5 Å². The molecule has 0 aliphatic heterocycles. The second-order valence-corrected chi connectivity index (χ2v) is 5.16. The summed E-state index contributed by atoms with van der Waals surface area (Å²) in [6.07, 6.45) is 1.62. The van der Waals surface area contributed by atoms with E-state index in [9.17, 15) is 4.79 Å². The Balaban J connectivity index is 2.11. The SMILES string of the molecule is COC(=O)C(Oc1ccc(Br)c(C)c1)C1CC1. The monoisotopic (exact) mass is 298 g/mol. The number of aryl methyl sites for hydroxylation is 1. The number of esters is 1. The summed E-state index contributed by atoms with van der Waals surface area (Å²) in [5.41, 5.74) is 1.09. The Hall–Kier alpha value is -1.03. The average molecular weight is 299 g/mol. The molecule has 1 saturated carbocycles. The largest absolute Gasteiger partial charge is 0.478 e. The molecule has 1 fully saturated rings. The molecule has 0 radical (unpaired) electrons. The van der Waals surface area contributed by atoms with E-state index in [4.69, 9.17) is 9.47 Å². The highest BCUT2D eigenvalue weighted by atomic mass is 79.9. The summed E-state index contributed by atoms with van der Waals surface area (Å²) in [6, 6.07) is 5.70. The Kier molecular flexibility index (Phi) is 3.72. The number of benzene rings is 1. The molecular weight excluding hydrogens is 284 g/mol. The molecule has 0 heterocycles. The minimum Gasteiger partial charge on any atom is -0.478 e. The van der Waals surface area contributed by atoms with Crippen LogP contribution < -0.4 is 4.74 Å². The van der Waals surface area contributed by atoms with Gasteiger partial charge in [0.2, 0.25) is 0 Å². The van der Waals surface area contributed by atoms with Crippen molar-refractivity contribution in [2.24, 2.45) is 5.92 Å². The molecule has 0 amide bonds. The molecule has 1 aliphatic carbocycles. The van der Waals surface area contributed by atoms with Gasteiger partial charge in [-0.25, -0.2) is 4.79 Å². The first-order chi connectivity index (χ1) is 8.11. The standard InChI is InChI=1S/C13H15BrO3/c1-8-7-10(5-6-11(8)14)17-12(9-3-4-9)13(15)16-2/h5-7,9,12H,3-4H2,1-2H3. The first kappa shape index (κ1) is 12.4. The van der Waals surface area contributed by atoms with Crippen molar-refractivity contribution in [2.45, 2.75) is 25.9 Å². The van der Waals surface area contributed by atoms with Crippen molar-refractivity contribution in [3.8, 4) is 5.75 Å².